The summed E-state index contributed by atoms with van der Waals surface area (Å²) in [5, 5.41) is 9.98. The maximum absolute atomic E-state index is 12.8. The number of rotatable bonds is 4. The molecule has 0 heterocycles. The number of hydrogen-bond donors (Lipinski definition) is 1. The molecule has 2 aromatic carbocycles. The van der Waals surface area contributed by atoms with Crippen molar-refractivity contribution < 1.29 is 18.3 Å². The Labute approximate surface area is 165 Å². The third-order valence-electron chi connectivity index (χ3n) is 6.33. The predicted octanol–water partition coefficient (Wildman–Crippen LogP) is 6.37. The average molecular weight is 390 g/mol. The fourth-order valence-electron chi connectivity index (χ4n) is 4.26. The number of alkyl halides is 3. The van der Waals surface area contributed by atoms with Crippen molar-refractivity contribution >= 4 is 0 Å². The number of benzene rings is 2. The van der Waals surface area contributed by atoms with Gasteiger partial charge in [-0.1, -0.05) is 58.0 Å². The number of halogens is 3. The van der Waals surface area contributed by atoms with Gasteiger partial charge in [0.2, 0.25) is 0 Å². The third kappa shape index (κ3) is 4.12. The molecule has 1 unspecified atom stereocenters. The topological polar surface area (TPSA) is 20.2 Å². The molecule has 1 atom stereocenters. The molecular weight excluding hydrogens is 361 g/mol. The van der Waals surface area contributed by atoms with Crippen molar-refractivity contribution in [1.29, 1.82) is 0 Å². The molecule has 4 heteroatoms. The molecule has 0 radical (unpaired) electrons. The average Bonchev–Trinajstić information content (AvgIpc) is 2.63. The van der Waals surface area contributed by atoms with Gasteiger partial charge in [0.05, 0.1) is 12.2 Å². The van der Waals surface area contributed by atoms with Crippen molar-refractivity contribution in [2.24, 2.45) is 0 Å². The summed E-state index contributed by atoms with van der Waals surface area (Å²) in [5.74, 6) is -0.136. The minimum absolute atomic E-state index is 0.0381. The molecule has 0 aliphatic heterocycles. The van der Waals surface area contributed by atoms with Crippen LogP contribution in [0, 0.1) is 0 Å². The van der Waals surface area contributed by atoms with Gasteiger partial charge in [0.25, 0.3) is 0 Å². The molecule has 0 saturated heterocycles. The zero-order valence-electron chi connectivity index (χ0n) is 17.0. The summed E-state index contributed by atoms with van der Waals surface area (Å²) in [6.45, 7) is 9.02. The Bertz CT molecular complexity index is 832. The zero-order chi connectivity index (χ0) is 20.7. The number of aliphatic hydroxyl groups excluding tert-OH is 1. The molecule has 28 heavy (non-hydrogen) atoms. The van der Waals surface area contributed by atoms with E-state index in [-0.39, 0.29) is 23.4 Å². The third-order valence-corrected chi connectivity index (χ3v) is 6.33. The second kappa shape index (κ2) is 7.22. The second-order valence-corrected chi connectivity index (χ2v) is 9.35. The first kappa shape index (κ1) is 20.9. The van der Waals surface area contributed by atoms with Gasteiger partial charge < -0.3 is 5.11 Å². The Morgan fingerprint density at radius 2 is 1.46 bits per heavy atom. The van der Waals surface area contributed by atoms with E-state index in [0.29, 0.717) is 6.42 Å². The van der Waals surface area contributed by atoms with Crippen LogP contribution in [0.4, 0.5) is 13.2 Å². The van der Waals surface area contributed by atoms with Crippen molar-refractivity contribution in [2.75, 3.05) is 6.61 Å². The highest BCUT2D eigenvalue weighted by molar-refractivity contribution is 5.44. The Balaban J connectivity index is 1.89. The Morgan fingerprint density at radius 1 is 0.893 bits per heavy atom. The van der Waals surface area contributed by atoms with Gasteiger partial charge in [0.15, 0.2) is 0 Å². The molecule has 0 fully saturated rings. The van der Waals surface area contributed by atoms with Crippen LogP contribution in [0.1, 0.15) is 74.3 Å². The van der Waals surface area contributed by atoms with Crippen molar-refractivity contribution in [2.45, 2.75) is 69.9 Å². The summed E-state index contributed by atoms with van der Waals surface area (Å²) < 4.78 is 38.3. The van der Waals surface area contributed by atoms with Crippen LogP contribution in [0.25, 0.3) is 0 Å². The van der Waals surface area contributed by atoms with E-state index in [9.17, 15) is 18.3 Å². The zero-order valence-corrected chi connectivity index (χ0v) is 17.0. The lowest BCUT2D eigenvalue weighted by Crippen LogP contribution is -2.34. The first-order chi connectivity index (χ1) is 12.9. The fraction of sp³-hybridized carbons (Fsp3) is 0.500. The Hall–Kier alpha value is -1.81. The van der Waals surface area contributed by atoms with Gasteiger partial charge in [-0.2, -0.15) is 13.2 Å². The predicted molar refractivity (Wildman–Crippen MR) is 107 cm³/mol. The molecule has 2 aromatic rings. The maximum Gasteiger partial charge on any atom is 0.416 e. The van der Waals surface area contributed by atoms with E-state index < -0.39 is 11.7 Å². The standard InChI is InChI=1S/C24H29F3O/c1-22(2)11-12-23(3,4)21-14-17(7-10-20(21)22)18(15-28)13-16-5-8-19(9-6-16)24(25,26)27/h5-10,14,18,28H,11-13,15H2,1-4H3. The second-order valence-electron chi connectivity index (χ2n) is 9.35. The van der Waals surface area contributed by atoms with Gasteiger partial charge in [0.1, 0.15) is 0 Å². The quantitative estimate of drug-likeness (QED) is 0.643. The van der Waals surface area contributed by atoms with Crippen LogP contribution >= 0.6 is 0 Å². The Kier molecular flexibility index (Phi) is 5.39. The lowest BCUT2D eigenvalue weighted by molar-refractivity contribution is -0.137. The molecule has 1 aliphatic rings. The molecule has 1 aliphatic carbocycles. The van der Waals surface area contributed by atoms with E-state index in [1.165, 1.54) is 23.3 Å². The van der Waals surface area contributed by atoms with Crippen LogP contribution in [-0.2, 0) is 23.4 Å². The first-order valence-electron chi connectivity index (χ1n) is 9.86. The molecule has 0 spiro atoms. The monoisotopic (exact) mass is 390 g/mol. The van der Waals surface area contributed by atoms with Crippen LogP contribution in [-0.4, -0.2) is 11.7 Å². The van der Waals surface area contributed by atoms with E-state index in [1.54, 1.807) is 0 Å². The summed E-state index contributed by atoms with van der Waals surface area (Å²) in [5.41, 5.74) is 4.09. The Morgan fingerprint density at radius 3 is 2.00 bits per heavy atom. The molecular formula is C24H29F3O. The fourth-order valence-corrected chi connectivity index (χ4v) is 4.26. The van der Waals surface area contributed by atoms with Crippen molar-refractivity contribution in [3.8, 4) is 0 Å². The van der Waals surface area contributed by atoms with Crippen LogP contribution in [0.3, 0.4) is 0 Å². The van der Waals surface area contributed by atoms with E-state index in [1.807, 2.05) is 0 Å². The van der Waals surface area contributed by atoms with Crippen molar-refractivity contribution in [3.63, 3.8) is 0 Å². The van der Waals surface area contributed by atoms with Crippen LogP contribution in [0.2, 0.25) is 0 Å². The van der Waals surface area contributed by atoms with E-state index >= 15 is 0 Å². The normalized spacial score (nSPS) is 19.1. The molecule has 0 saturated carbocycles. The highest BCUT2D eigenvalue weighted by atomic mass is 19.4. The van der Waals surface area contributed by atoms with Crippen molar-refractivity contribution in [1.82, 2.24) is 0 Å². The van der Waals surface area contributed by atoms with Gasteiger partial charge in [-0.25, -0.2) is 0 Å². The summed E-state index contributed by atoms with van der Waals surface area (Å²) in [4.78, 5) is 0. The molecule has 0 amide bonds. The first-order valence-corrected chi connectivity index (χ1v) is 9.86. The lowest BCUT2D eigenvalue weighted by atomic mass is 9.62. The van der Waals surface area contributed by atoms with Gasteiger partial charge in [-0.15, -0.1) is 0 Å². The lowest BCUT2D eigenvalue weighted by Gasteiger charge is -2.42. The highest BCUT2D eigenvalue weighted by Crippen LogP contribution is 2.46. The summed E-state index contributed by atoms with van der Waals surface area (Å²) in [6.07, 6.45) is -1.57. The smallest absolute Gasteiger partial charge is 0.396 e. The molecule has 3 rings (SSSR count). The largest absolute Gasteiger partial charge is 0.416 e. The molecule has 1 nitrogen and oxygen atoms in total. The van der Waals surface area contributed by atoms with Crippen LogP contribution < -0.4 is 0 Å². The van der Waals surface area contributed by atoms with Crippen LogP contribution in [0.5, 0.6) is 0 Å². The summed E-state index contributed by atoms with van der Waals surface area (Å²) in [7, 11) is 0. The van der Waals surface area contributed by atoms with Gasteiger partial charge in [-0.05, 0) is 64.5 Å². The highest BCUT2D eigenvalue weighted by Gasteiger charge is 2.37. The molecule has 1 N–H and O–H groups in total. The van der Waals surface area contributed by atoms with Crippen LogP contribution in [0.15, 0.2) is 42.5 Å². The van der Waals surface area contributed by atoms with Gasteiger partial charge in [-0.3, -0.25) is 0 Å². The number of fused-ring (bicyclic) bond motifs is 1. The SMILES string of the molecule is CC1(C)CCC(C)(C)c2cc(C(CO)Cc3ccc(C(F)(F)F)cc3)ccc21. The van der Waals surface area contributed by atoms with Crippen molar-refractivity contribution in [3.05, 3.63) is 70.3 Å². The summed E-state index contributed by atoms with van der Waals surface area (Å²) in [6, 6.07) is 11.7. The molecule has 152 valence electrons. The maximum atomic E-state index is 12.8. The van der Waals surface area contributed by atoms with Gasteiger partial charge in [0, 0.05) is 5.92 Å². The number of aliphatic hydroxyl groups is 1. The summed E-state index contributed by atoms with van der Waals surface area (Å²) >= 11 is 0. The molecule has 0 bridgehead atoms. The van der Waals surface area contributed by atoms with E-state index in [0.717, 1.165) is 36.1 Å². The number of hydrogen-bond acceptors (Lipinski definition) is 1. The van der Waals surface area contributed by atoms with E-state index in [2.05, 4.69) is 45.9 Å². The molecule has 0 aromatic heterocycles. The minimum atomic E-state index is -4.33. The van der Waals surface area contributed by atoms with E-state index in [4.69, 9.17) is 0 Å². The minimum Gasteiger partial charge on any atom is -0.396 e. The van der Waals surface area contributed by atoms with Gasteiger partial charge >= 0.3 is 6.18 Å².